The summed E-state index contributed by atoms with van der Waals surface area (Å²) in [6.45, 7) is 1.35. The van der Waals surface area contributed by atoms with Gasteiger partial charge < -0.3 is 26.2 Å². The van der Waals surface area contributed by atoms with Crippen LogP contribution in [0.3, 0.4) is 0 Å². The van der Waals surface area contributed by atoms with Gasteiger partial charge >= 0.3 is 18.0 Å². The van der Waals surface area contributed by atoms with E-state index in [9.17, 15) is 19.2 Å². The number of carbonyl (C=O) groups is 4. The third kappa shape index (κ3) is 6.86. The molecule has 0 aliphatic rings. The number of methoxy groups -OCH3 is 1. The number of amides is 3. The number of rotatable bonds is 7. The molecular formula is C10H17N3O6. The van der Waals surface area contributed by atoms with Crippen LogP contribution in [-0.2, 0) is 19.1 Å². The molecule has 0 aliphatic heterocycles. The number of urea groups is 1. The minimum atomic E-state index is -1.29. The first-order valence-corrected chi connectivity index (χ1v) is 5.44. The molecule has 0 aromatic rings. The van der Waals surface area contributed by atoms with E-state index in [1.165, 1.54) is 14.0 Å². The van der Waals surface area contributed by atoms with Gasteiger partial charge in [-0.1, -0.05) is 0 Å². The van der Waals surface area contributed by atoms with Crippen LogP contribution in [0.15, 0.2) is 0 Å². The second-order valence-corrected chi connectivity index (χ2v) is 3.74. The molecule has 9 heteroatoms. The summed E-state index contributed by atoms with van der Waals surface area (Å²) in [7, 11) is 1.18. The first-order valence-electron chi connectivity index (χ1n) is 5.44. The zero-order chi connectivity index (χ0) is 15.0. The van der Waals surface area contributed by atoms with E-state index in [-0.39, 0.29) is 12.8 Å². The van der Waals surface area contributed by atoms with Crippen molar-refractivity contribution in [2.45, 2.75) is 31.8 Å². The molecule has 0 aromatic carbocycles. The van der Waals surface area contributed by atoms with Crippen LogP contribution >= 0.6 is 0 Å². The monoisotopic (exact) mass is 275 g/mol. The van der Waals surface area contributed by atoms with Crippen molar-refractivity contribution in [1.82, 2.24) is 10.6 Å². The van der Waals surface area contributed by atoms with Crippen molar-refractivity contribution in [3.8, 4) is 0 Å². The first kappa shape index (κ1) is 16.7. The Morgan fingerprint density at radius 2 is 1.84 bits per heavy atom. The second-order valence-electron chi connectivity index (χ2n) is 3.74. The van der Waals surface area contributed by atoms with E-state index >= 15 is 0 Å². The maximum absolute atomic E-state index is 11.5. The molecule has 0 fully saturated rings. The second kappa shape index (κ2) is 7.90. The summed E-state index contributed by atoms with van der Waals surface area (Å²) in [5.41, 5.74) is 4.83. The van der Waals surface area contributed by atoms with Gasteiger partial charge in [0.1, 0.15) is 12.1 Å². The van der Waals surface area contributed by atoms with Crippen LogP contribution in [0.2, 0.25) is 0 Å². The Bertz CT molecular complexity index is 370. The largest absolute Gasteiger partial charge is 0.480 e. The third-order valence-electron chi connectivity index (χ3n) is 2.23. The molecular weight excluding hydrogens is 258 g/mol. The summed E-state index contributed by atoms with van der Waals surface area (Å²) in [6, 6.07) is -3.12. The molecule has 0 saturated carbocycles. The Kier molecular flexibility index (Phi) is 6.94. The SMILES string of the molecule is COC(=O)CCC(NC(=O)C(C)NC(N)=O)C(=O)O. The highest BCUT2D eigenvalue weighted by Gasteiger charge is 2.24. The predicted molar refractivity (Wildman–Crippen MR) is 63.0 cm³/mol. The number of carboxylic acids is 1. The molecule has 0 radical (unpaired) electrons. The van der Waals surface area contributed by atoms with Crippen LogP contribution in [0, 0.1) is 0 Å². The molecule has 19 heavy (non-hydrogen) atoms. The van der Waals surface area contributed by atoms with Gasteiger partial charge in [0, 0.05) is 6.42 Å². The Balaban J connectivity index is 4.41. The number of esters is 1. The van der Waals surface area contributed by atoms with Gasteiger partial charge in [-0.15, -0.1) is 0 Å². The number of carboxylic acid groups (broad SMARTS) is 1. The van der Waals surface area contributed by atoms with E-state index in [0.29, 0.717) is 0 Å². The van der Waals surface area contributed by atoms with Gasteiger partial charge in [0.2, 0.25) is 5.91 Å². The molecule has 3 amide bonds. The maximum Gasteiger partial charge on any atom is 0.326 e. The molecule has 2 atom stereocenters. The molecule has 0 bridgehead atoms. The van der Waals surface area contributed by atoms with E-state index in [4.69, 9.17) is 10.8 Å². The fourth-order valence-corrected chi connectivity index (χ4v) is 1.20. The number of aliphatic carboxylic acids is 1. The molecule has 0 heterocycles. The zero-order valence-electron chi connectivity index (χ0n) is 10.6. The van der Waals surface area contributed by atoms with Crippen LogP contribution in [0.5, 0.6) is 0 Å². The highest BCUT2D eigenvalue weighted by Crippen LogP contribution is 2.00. The third-order valence-corrected chi connectivity index (χ3v) is 2.23. The molecule has 2 unspecified atom stereocenters. The predicted octanol–water partition coefficient (Wildman–Crippen LogP) is -1.43. The van der Waals surface area contributed by atoms with Crippen molar-refractivity contribution in [3.05, 3.63) is 0 Å². The minimum absolute atomic E-state index is 0.114. The van der Waals surface area contributed by atoms with Crippen LogP contribution in [-0.4, -0.2) is 48.2 Å². The number of ether oxygens (including phenoxy) is 1. The number of nitrogens with two attached hydrogens (primary N) is 1. The molecule has 0 aliphatic carbocycles. The molecule has 0 rings (SSSR count). The van der Waals surface area contributed by atoms with Gasteiger partial charge in [-0.2, -0.15) is 0 Å². The van der Waals surface area contributed by atoms with Crippen molar-refractivity contribution >= 4 is 23.9 Å². The van der Waals surface area contributed by atoms with Crippen LogP contribution in [0.4, 0.5) is 4.79 Å². The Labute approximate surface area is 109 Å². The average molecular weight is 275 g/mol. The van der Waals surface area contributed by atoms with Crippen molar-refractivity contribution in [2.24, 2.45) is 5.73 Å². The lowest BCUT2D eigenvalue weighted by atomic mass is 10.1. The quantitative estimate of drug-likeness (QED) is 0.418. The van der Waals surface area contributed by atoms with E-state index < -0.39 is 36.0 Å². The summed E-state index contributed by atoms with van der Waals surface area (Å²) in [5, 5.41) is 13.2. The van der Waals surface area contributed by atoms with Crippen LogP contribution < -0.4 is 16.4 Å². The van der Waals surface area contributed by atoms with Crippen molar-refractivity contribution in [3.63, 3.8) is 0 Å². The van der Waals surface area contributed by atoms with Gasteiger partial charge in [0.15, 0.2) is 0 Å². The van der Waals surface area contributed by atoms with Crippen molar-refractivity contribution < 1.29 is 29.0 Å². The molecule has 0 aromatic heterocycles. The summed E-state index contributed by atoms with van der Waals surface area (Å²) >= 11 is 0. The standard InChI is InChI=1S/C10H17N3O6/c1-5(12-10(11)18)8(15)13-6(9(16)17)3-4-7(14)19-2/h5-6H,3-4H2,1-2H3,(H,13,15)(H,16,17)(H3,11,12,18). The van der Waals surface area contributed by atoms with Gasteiger partial charge in [0.25, 0.3) is 0 Å². The van der Waals surface area contributed by atoms with Gasteiger partial charge in [0.05, 0.1) is 7.11 Å². The lowest BCUT2D eigenvalue weighted by molar-refractivity contribution is -0.144. The summed E-state index contributed by atoms with van der Waals surface area (Å²) < 4.78 is 4.37. The number of primary amides is 1. The van der Waals surface area contributed by atoms with Gasteiger partial charge in [-0.25, -0.2) is 9.59 Å². The first-order chi connectivity index (χ1) is 8.77. The van der Waals surface area contributed by atoms with E-state index in [2.05, 4.69) is 15.4 Å². The smallest absolute Gasteiger partial charge is 0.326 e. The summed E-state index contributed by atoms with van der Waals surface area (Å²) in [4.78, 5) is 43.9. The lowest BCUT2D eigenvalue weighted by Crippen LogP contribution is -2.51. The number of hydrogen-bond donors (Lipinski definition) is 4. The zero-order valence-corrected chi connectivity index (χ0v) is 10.6. The van der Waals surface area contributed by atoms with Crippen LogP contribution in [0.1, 0.15) is 19.8 Å². The van der Waals surface area contributed by atoms with Crippen molar-refractivity contribution in [1.29, 1.82) is 0 Å². The highest BCUT2D eigenvalue weighted by molar-refractivity contribution is 5.89. The maximum atomic E-state index is 11.5. The van der Waals surface area contributed by atoms with Gasteiger partial charge in [-0.05, 0) is 13.3 Å². The fraction of sp³-hybridized carbons (Fsp3) is 0.600. The topological polar surface area (TPSA) is 148 Å². The van der Waals surface area contributed by atoms with Crippen molar-refractivity contribution in [2.75, 3.05) is 7.11 Å². The molecule has 0 saturated heterocycles. The lowest BCUT2D eigenvalue weighted by Gasteiger charge is -2.17. The fourth-order valence-electron chi connectivity index (χ4n) is 1.20. The van der Waals surface area contributed by atoms with E-state index in [1.807, 2.05) is 0 Å². The van der Waals surface area contributed by atoms with E-state index in [1.54, 1.807) is 0 Å². The number of hydrogen-bond acceptors (Lipinski definition) is 5. The Morgan fingerprint density at radius 3 is 2.26 bits per heavy atom. The highest BCUT2D eigenvalue weighted by atomic mass is 16.5. The number of nitrogens with one attached hydrogen (secondary N) is 2. The molecule has 5 N–H and O–H groups in total. The molecule has 108 valence electrons. The number of carbonyl (C=O) groups excluding carboxylic acids is 3. The van der Waals surface area contributed by atoms with Crippen LogP contribution in [0.25, 0.3) is 0 Å². The average Bonchev–Trinajstić information content (AvgIpc) is 2.32. The minimum Gasteiger partial charge on any atom is -0.480 e. The Morgan fingerprint density at radius 1 is 1.26 bits per heavy atom. The summed E-state index contributed by atoms with van der Waals surface area (Å²) in [5.74, 6) is -2.58. The molecule has 9 nitrogen and oxygen atoms in total. The summed E-state index contributed by atoms with van der Waals surface area (Å²) in [6.07, 6.45) is -0.261. The van der Waals surface area contributed by atoms with Gasteiger partial charge in [-0.3, -0.25) is 9.59 Å². The normalized spacial score (nSPS) is 12.9. The Hall–Kier alpha value is -2.32. The molecule has 0 spiro atoms. The van der Waals surface area contributed by atoms with E-state index in [0.717, 1.165) is 0 Å².